The molecule has 0 bridgehead atoms. The predicted molar refractivity (Wildman–Crippen MR) is 116 cm³/mol. The van der Waals surface area contributed by atoms with Crippen molar-refractivity contribution in [1.29, 1.82) is 0 Å². The molecule has 4 rings (SSSR count). The van der Waals surface area contributed by atoms with Crippen LogP contribution in [0.25, 0.3) is 0 Å². The number of rotatable bonds is 4. The quantitative estimate of drug-likeness (QED) is 0.588. The van der Waals surface area contributed by atoms with Gasteiger partial charge in [-0.1, -0.05) is 46.3 Å². The summed E-state index contributed by atoms with van der Waals surface area (Å²) in [5, 5.41) is 0.938. The van der Waals surface area contributed by atoms with Crippen molar-refractivity contribution in [3.05, 3.63) is 76.0 Å². The molecule has 144 valence electrons. The van der Waals surface area contributed by atoms with Crippen molar-refractivity contribution in [2.45, 2.75) is 19.4 Å². The zero-order chi connectivity index (χ0) is 19.5. The first-order valence-corrected chi connectivity index (χ1v) is 10.8. The molecule has 3 aromatic rings. The fraction of sp³-hybridized carbons (Fsp3) is 0.286. The van der Waals surface area contributed by atoms with E-state index < -0.39 is 0 Å². The highest BCUT2D eigenvalue weighted by Gasteiger charge is 2.29. The Hall–Kier alpha value is -2.25. The number of halogens is 1. The molecule has 1 aliphatic rings. The Morgan fingerprint density at radius 3 is 2.61 bits per heavy atom. The van der Waals surface area contributed by atoms with Crippen LogP contribution in [0.1, 0.15) is 28.7 Å². The zero-order valence-electron chi connectivity index (χ0n) is 15.6. The summed E-state index contributed by atoms with van der Waals surface area (Å²) in [6, 6.07) is 17.9. The molecule has 5 nitrogen and oxygen atoms in total. The van der Waals surface area contributed by atoms with Gasteiger partial charge in [-0.3, -0.25) is 4.79 Å². The number of hydrogen-bond acceptors (Lipinski definition) is 5. The van der Waals surface area contributed by atoms with Crippen LogP contribution in [-0.4, -0.2) is 45.8 Å². The van der Waals surface area contributed by atoms with Gasteiger partial charge in [0.15, 0.2) is 0 Å². The molecule has 0 spiro atoms. The van der Waals surface area contributed by atoms with Crippen LogP contribution in [0.15, 0.2) is 59.1 Å². The van der Waals surface area contributed by atoms with E-state index in [1.165, 1.54) is 17.1 Å². The molecule has 1 aromatic heterocycles. The maximum absolute atomic E-state index is 12.8. The second kappa shape index (κ2) is 8.41. The Labute approximate surface area is 177 Å². The van der Waals surface area contributed by atoms with Crippen molar-refractivity contribution in [3.8, 4) is 0 Å². The number of benzene rings is 2. The molecule has 1 aliphatic heterocycles. The third-order valence-electron chi connectivity index (χ3n) is 4.91. The summed E-state index contributed by atoms with van der Waals surface area (Å²) < 4.78 is 5.50. The predicted octanol–water partition coefficient (Wildman–Crippen LogP) is 4.24. The van der Waals surface area contributed by atoms with Crippen molar-refractivity contribution in [2.75, 3.05) is 24.5 Å². The van der Waals surface area contributed by atoms with Gasteiger partial charge in [-0.15, -0.1) is 0 Å². The Morgan fingerprint density at radius 1 is 1.14 bits per heavy atom. The monoisotopic (exact) mass is 456 g/mol. The van der Waals surface area contributed by atoms with Crippen molar-refractivity contribution in [1.82, 2.24) is 14.3 Å². The van der Waals surface area contributed by atoms with Crippen LogP contribution in [-0.2, 0) is 6.42 Å². The van der Waals surface area contributed by atoms with E-state index in [9.17, 15) is 4.79 Å². The fourth-order valence-corrected chi connectivity index (χ4v) is 4.40. The number of carbonyl (C=O) groups excluding carboxylic acids is 1. The van der Waals surface area contributed by atoms with Gasteiger partial charge in [-0.05, 0) is 36.8 Å². The maximum Gasteiger partial charge on any atom is 0.254 e. The third kappa shape index (κ3) is 4.25. The topological polar surface area (TPSA) is 49.3 Å². The Morgan fingerprint density at radius 2 is 1.89 bits per heavy atom. The maximum atomic E-state index is 12.8. The minimum absolute atomic E-state index is 0.0849. The molecule has 0 radical (unpaired) electrons. The van der Waals surface area contributed by atoms with Crippen LogP contribution >= 0.6 is 27.5 Å². The van der Waals surface area contributed by atoms with Crippen LogP contribution in [0.5, 0.6) is 0 Å². The smallest absolute Gasteiger partial charge is 0.254 e. The number of aromatic nitrogens is 2. The Bertz CT molecular complexity index is 945. The van der Waals surface area contributed by atoms with Crippen molar-refractivity contribution in [2.24, 2.45) is 0 Å². The van der Waals surface area contributed by atoms with Crippen LogP contribution < -0.4 is 4.90 Å². The summed E-state index contributed by atoms with van der Waals surface area (Å²) in [4.78, 5) is 21.8. The molecule has 0 saturated carbocycles. The lowest BCUT2D eigenvalue weighted by molar-refractivity contribution is 0.0674. The van der Waals surface area contributed by atoms with Gasteiger partial charge in [0, 0.05) is 53.7 Å². The van der Waals surface area contributed by atoms with Gasteiger partial charge in [0.05, 0.1) is 0 Å². The minimum atomic E-state index is 0.0849. The molecule has 1 amide bonds. The van der Waals surface area contributed by atoms with Gasteiger partial charge in [0.1, 0.15) is 5.82 Å². The van der Waals surface area contributed by atoms with E-state index in [0.29, 0.717) is 6.54 Å². The average Bonchev–Trinajstić information content (AvgIpc) is 3.17. The van der Waals surface area contributed by atoms with E-state index >= 15 is 0 Å². The number of anilines is 1. The SMILES string of the molecule is CC1CN(c2nc(Cc3ccccc3)ns2)CCN1C(=O)c1ccc(Br)cc1. The third-order valence-corrected chi connectivity index (χ3v) is 6.26. The molecule has 28 heavy (non-hydrogen) atoms. The van der Waals surface area contributed by atoms with Gasteiger partial charge in [-0.2, -0.15) is 4.37 Å². The van der Waals surface area contributed by atoms with E-state index in [-0.39, 0.29) is 11.9 Å². The standard InChI is InChI=1S/C21H21BrN4OS/c1-15-14-25(11-12-26(15)20(27)17-7-9-18(22)10-8-17)21-23-19(24-28-21)13-16-5-3-2-4-6-16/h2-10,15H,11-14H2,1H3. The first-order chi connectivity index (χ1) is 13.6. The lowest BCUT2D eigenvalue weighted by Crippen LogP contribution is -2.54. The minimum Gasteiger partial charge on any atom is -0.343 e. The molecule has 2 aromatic carbocycles. The molecule has 1 fully saturated rings. The number of piperazine rings is 1. The van der Waals surface area contributed by atoms with Crippen LogP contribution in [0.3, 0.4) is 0 Å². The molecular weight excluding hydrogens is 436 g/mol. The van der Waals surface area contributed by atoms with E-state index in [1.54, 1.807) is 0 Å². The molecule has 1 saturated heterocycles. The normalized spacial score (nSPS) is 17.0. The van der Waals surface area contributed by atoms with Gasteiger partial charge in [0.2, 0.25) is 5.13 Å². The van der Waals surface area contributed by atoms with Gasteiger partial charge < -0.3 is 9.80 Å². The fourth-order valence-electron chi connectivity index (χ4n) is 3.41. The molecule has 7 heteroatoms. The summed E-state index contributed by atoms with van der Waals surface area (Å²) in [6.45, 7) is 4.31. The second-order valence-corrected chi connectivity index (χ2v) is 8.60. The number of carbonyl (C=O) groups is 1. The molecule has 0 aliphatic carbocycles. The lowest BCUT2D eigenvalue weighted by atomic mass is 10.1. The molecule has 2 heterocycles. The first kappa shape index (κ1) is 19.1. The summed E-state index contributed by atoms with van der Waals surface area (Å²) >= 11 is 4.86. The summed E-state index contributed by atoms with van der Waals surface area (Å²) in [5.41, 5.74) is 1.94. The van der Waals surface area contributed by atoms with Crippen molar-refractivity contribution >= 4 is 38.5 Å². The van der Waals surface area contributed by atoms with E-state index in [0.717, 1.165) is 40.5 Å². The van der Waals surface area contributed by atoms with E-state index in [2.05, 4.69) is 44.3 Å². The summed E-state index contributed by atoms with van der Waals surface area (Å²) in [6.07, 6.45) is 0.745. The largest absolute Gasteiger partial charge is 0.343 e. The van der Waals surface area contributed by atoms with Crippen LogP contribution in [0.4, 0.5) is 5.13 Å². The Kier molecular flexibility index (Phi) is 5.73. The molecule has 0 N–H and O–H groups in total. The second-order valence-electron chi connectivity index (χ2n) is 6.96. The highest BCUT2D eigenvalue weighted by molar-refractivity contribution is 9.10. The highest BCUT2D eigenvalue weighted by Crippen LogP contribution is 2.23. The van der Waals surface area contributed by atoms with Crippen molar-refractivity contribution in [3.63, 3.8) is 0 Å². The van der Waals surface area contributed by atoms with Crippen LogP contribution in [0.2, 0.25) is 0 Å². The highest BCUT2D eigenvalue weighted by atomic mass is 79.9. The van der Waals surface area contributed by atoms with E-state index in [4.69, 9.17) is 4.98 Å². The van der Waals surface area contributed by atoms with Crippen LogP contribution in [0, 0.1) is 0 Å². The van der Waals surface area contributed by atoms with Gasteiger partial charge in [0.25, 0.3) is 5.91 Å². The zero-order valence-corrected chi connectivity index (χ0v) is 18.0. The molecular formula is C21H21BrN4OS. The average molecular weight is 457 g/mol. The van der Waals surface area contributed by atoms with Crippen molar-refractivity contribution < 1.29 is 4.79 Å². The number of hydrogen-bond donors (Lipinski definition) is 0. The molecule has 1 unspecified atom stereocenters. The summed E-state index contributed by atoms with van der Waals surface area (Å²) in [7, 11) is 0. The Balaban J connectivity index is 1.40. The van der Waals surface area contributed by atoms with Gasteiger partial charge in [-0.25, -0.2) is 4.98 Å². The molecule has 1 atom stereocenters. The van der Waals surface area contributed by atoms with E-state index in [1.807, 2.05) is 47.4 Å². The number of nitrogens with zero attached hydrogens (tertiary/aromatic N) is 4. The lowest BCUT2D eigenvalue weighted by Gasteiger charge is -2.39. The summed E-state index contributed by atoms with van der Waals surface area (Å²) in [5.74, 6) is 0.939. The first-order valence-electron chi connectivity index (χ1n) is 9.28. The number of amides is 1. The van der Waals surface area contributed by atoms with Gasteiger partial charge >= 0.3 is 0 Å².